The number of hydrogen-bond acceptors (Lipinski definition) is 2. The quantitative estimate of drug-likeness (QED) is 0.694. The maximum Gasteiger partial charge on any atom is 0.335 e. The summed E-state index contributed by atoms with van der Waals surface area (Å²) in [7, 11) is 0. The summed E-state index contributed by atoms with van der Waals surface area (Å²) in [5.74, 6) is -0.491. The Hall–Kier alpha value is -1.77. The first-order valence-electron chi connectivity index (χ1n) is 3.35. The smallest absolute Gasteiger partial charge is 0.335 e. The summed E-state index contributed by atoms with van der Waals surface area (Å²) in [6.45, 7) is 3.36. The molecule has 3 heteroatoms. The molecule has 1 aromatic carbocycles. The zero-order chi connectivity index (χ0) is 8.97. The van der Waals surface area contributed by atoms with Crippen LogP contribution in [-0.2, 0) is 0 Å². The number of aromatic carboxylic acids is 1. The third kappa shape index (κ3) is 1.85. The molecule has 0 amide bonds. The lowest BCUT2D eigenvalue weighted by molar-refractivity contribution is 0.0696. The van der Waals surface area contributed by atoms with Gasteiger partial charge in [0, 0.05) is 0 Å². The van der Waals surface area contributed by atoms with Crippen molar-refractivity contribution in [3.05, 3.63) is 42.7 Å². The van der Waals surface area contributed by atoms with Crippen molar-refractivity contribution < 1.29 is 14.6 Å². The van der Waals surface area contributed by atoms with Crippen molar-refractivity contribution in [1.82, 2.24) is 0 Å². The summed E-state index contributed by atoms with van der Waals surface area (Å²) in [6, 6.07) is 6.21. The fourth-order valence-corrected chi connectivity index (χ4v) is 0.799. The zero-order valence-corrected chi connectivity index (χ0v) is 6.36. The highest BCUT2D eigenvalue weighted by Gasteiger charge is 2.02. The minimum Gasteiger partial charge on any atom is -0.478 e. The summed E-state index contributed by atoms with van der Waals surface area (Å²) < 4.78 is 4.90. The number of benzene rings is 1. The largest absolute Gasteiger partial charge is 0.478 e. The first-order chi connectivity index (χ1) is 5.74. The van der Waals surface area contributed by atoms with Gasteiger partial charge in [0.15, 0.2) is 0 Å². The van der Waals surface area contributed by atoms with Crippen LogP contribution in [0.5, 0.6) is 5.75 Å². The van der Waals surface area contributed by atoms with E-state index >= 15 is 0 Å². The number of carboxylic acid groups (broad SMARTS) is 1. The first kappa shape index (κ1) is 8.33. The second-order valence-electron chi connectivity index (χ2n) is 2.12. The molecule has 0 unspecified atom stereocenters. The lowest BCUT2D eigenvalue weighted by Gasteiger charge is -1.99. The van der Waals surface area contributed by atoms with Gasteiger partial charge in [-0.2, -0.15) is 0 Å². The van der Waals surface area contributed by atoms with Crippen LogP contribution in [0.3, 0.4) is 0 Å². The van der Waals surface area contributed by atoms with Crippen LogP contribution in [0.15, 0.2) is 37.1 Å². The van der Waals surface area contributed by atoms with E-state index in [0.29, 0.717) is 5.75 Å². The Morgan fingerprint density at radius 1 is 1.58 bits per heavy atom. The number of rotatable bonds is 3. The third-order valence-electron chi connectivity index (χ3n) is 1.30. The standard InChI is InChI=1S/C9H8O3/c1-2-12-8-5-3-4-7(6-8)9(10)11/h2-6H,1H2,(H,10,11). The molecule has 1 N–H and O–H groups in total. The molecule has 1 rings (SSSR count). The van der Waals surface area contributed by atoms with E-state index in [2.05, 4.69) is 6.58 Å². The maximum absolute atomic E-state index is 10.5. The Bertz CT molecular complexity index is 304. The van der Waals surface area contributed by atoms with Gasteiger partial charge < -0.3 is 9.84 Å². The summed E-state index contributed by atoms with van der Waals surface area (Å²) in [5, 5.41) is 8.60. The fraction of sp³-hybridized carbons (Fsp3) is 0. The van der Waals surface area contributed by atoms with Crippen LogP contribution in [-0.4, -0.2) is 11.1 Å². The Labute approximate surface area is 69.9 Å². The third-order valence-corrected chi connectivity index (χ3v) is 1.30. The van der Waals surface area contributed by atoms with Gasteiger partial charge in [-0.25, -0.2) is 4.79 Å². The van der Waals surface area contributed by atoms with Gasteiger partial charge in [0.05, 0.1) is 11.8 Å². The molecule has 0 aromatic heterocycles. The Kier molecular flexibility index (Phi) is 2.48. The van der Waals surface area contributed by atoms with E-state index in [9.17, 15) is 4.79 Å². The molecule has 0 aliphatic rings. The summed E-state index contributed by atoms with van der Waals surface area (Å²) in [5.41, 5.74) is 0.203. The van der Waals surface area contributed by atoms with E-state index in [-0.39, 0.29) is 5.56 Å². The predicted molar refractivity (Wildman–Crippen MR) is 44.2 cm³/mol. The highest BCUT2D eigenvalue weighted by atomic mass is 16.5. The summed E-state index contributed by atoms with van der Waals surface area (Å²) in [4.78, 5) is 10.5. The monoisotopic (exact) mass is 164 g/mol. The van der Waals surface area contributed by atoms with Crippen LogP contribution in [0, 0.1) is 0 Å². The van der Waals surface area contributed by atoms with Crippen LogP contribution in [0.1, 0.15) is 10.4 Å². The predicted octanol–water partition coefficient (Wildman–Crippen LogP) is 1.91. The highest BCUT2D eigenvalue weighted by molar-refractivity contribution is 5.87. The van der Waals surface area contributed by atoms with Gasteiger partial charge in [-0.3, -0.25) is 0 Å². The number of hydrogen-bond donors (Lipinski definition) is 1. The second-order valence-corrected chi connectivity index (χ2v) is 2.12. The van der Waals surface area contributed by atoms with Gasteiger partial charge in [0.2, 0.25) is 0 Å². The van der Waals surface area contributed by atoms with Crippen molar-refractivity contribution >= 4 is 5.97 Å². The van der Waals surface area contributed by atoms with Gasteiger partial charge in [-0.15, -0.1) is 0 Å². The fourth-order valence-electron chi connectivity index (χ4n) is 0.799. The molecule has 0 aliphatic carbocycles. The molecule has 0 spiro atoms. The lowest BCUT2D eigenvalue weighted by atomic mass is 10.2. The van der Waals surface area contributed by atoms with Crippen LogP contribution >= 0.6 is 0 Å². The van der Waals surface area contributed by atoms with Crippen LogP contribution in [0.25, 0.3) is 0 Å². The molecule has 0 saturated heterocycles. The second kappa shape index (κ2) is 3.57. The van der Waals surface area contributed by atoms with Gasteiger partial charge >= 0.3 is 5.97 Å². The van der Waals surface area contributed by atoms with Crippen molar-refractivity contribution in [2.45, 2.75) is 0 Å². The molecule has 0 aliphatic heterocycles. The van der Waals surface area contributed by atoms with Gasteiger partial charge in [-0.05, 0) is 18.2 Å². The molecule has 3 nitrogen and oxygen atoms in total. The van der Waals surface area contributed by atoms with E-state index in [0.717, 1.165) is 0 Å². The first-order valence-corrected chi connectivity index (χ1v) is 3.35. The van der Waals surface area contributed by atoms with E-state index in [1.54, 1.807) is 12.1 Å². The Morgan fingerprint density at radius 3 is 2.92 bits per heavy atom. The number of carboxylic acids is 1. The minimum absolute atomic E-state index is 0.203. The van der Waals surface area contributed by atoms with Gasteiger partial charge in [0.25, 0.3) is 0 Å². The van der Waals surface area contributed by atoms with Crippen molar-refractivity contribution in [3.63, 3.8) is 0 Å². The number of ether oxygens (including phenoxy) is 1. The summed E-state index contributed by atoms with van der Waals surface area (Å²) in [6.07, 6.45) is 1.25. The maximum atomic E-state index is 10.5. The molecule has 0 radical (unpaired) electrons. The molecular formula is C9H8O3. The Morgan fingerprint density at radius 2 is 2.33 bits per heavy atom. The van der Waals surface area contributed by atoms with E-state index in [1.165, 1.54) is 18.4 Å². The molecule has 0 fully saturated rings. The molecule has 0 atom stereocenters. The molecule has 0 heterocycles. The van der Waals surface area contributed by atoms with Crippen molar-refractivity contribution in [3.8, 4) is 5.75 Å². The van der Waals surface area contributed by atoms with Crippen molar-refractivity contribution in [2.75, 3.05) is 0 Å². The van der Waals surface area contributed by atoms with Gasteiger partial charge in [-0.1, -0.05) is 12.6 Å². The molecule has 0 bridgehead atoms. The van der Waals surface area contributed by atoms with Crippen molar-refractivity contribution in [2.24, 2.45) is 0 Å². The minimum atomic E-state index is -0.968. The molecule has 62 valence electrons. The normalized spacial score (nSPS) is 9.00. The Balaban J connectivity index is 2.95. The van der Waals surface area contributed by atoms with Crippen LogP contribution < -0.4 is 4.74 Å². The van der Waals surface area contributed by atoms with Crippen LogP contribution in [0.4, 0.5) is 0 Å². The van der Waals surface area contributed by atoms with E-state index in [1.807, 2.05) is 0 Å². The zero-order valence-electron chi connectivity index (χ0n) is 6.36. The highest BCUT2D eigenvalue weighted by Crippen LogP contribution is 2.12. The molecule has 12 heavy (non-hydrogen) atoms. The van der Waals surface area contributed by atoms with Crippen molar-refractivity contribution in [1.29, 1.82) is 0 Å². The topological polar surface area (TPSA) is 46.5 Å². The summed E-state index contributed by atoms with van der Waals surface area (Å²) >= 11 is 0. The number of carbonyl (C=O) groups is 1. The molecular weight excluding hydrogens is 156 g/mol. The SMILES string of the molecule is C=COc1cccc(C(=O)O)c1. The lowest BCUT2D eigenvalue weighted by Crippen LogP contribution is -1.95. The molecule has 1 aromatic rings. The molecule has 0 saturated carbocycles. The average molecular weight is 164 g/mol. The van der Waals surface area contributed by atoms with Crippen LogP contribution in [0.2, 0.25) is 0 Å². The van der Waals surface area contributed by atoms with E-state index < -0.39 is 5.97 Å². The average Bonchev–Trinajstić information content (AvgIpc) is 2.05. The van der Waals surface area contributed by atoms with E-state index in [4.69, 9.17) is 9.84 Å². The van der Waals surface area contributed by atoms with Gasteiger partial charge in [0.1, 0.15) is 5.75 Å².